The molecule has 0 bridgehead atoms. The molecule has 2 nitrogen and oxygen atoms in total. The Hall–Kier alpha value is -1.80. The summed E-state index contributed by atoms with van der Waals surface area (Å²) in [6.45, 7) is 4.86. The third-order valence-electron chi connectivity index (χ3n) is 4.16. The fourth-order valence-electron chi connectivity index (χ4n) is 2.88. The van der Waals surface area contributed by atoms with Crippen LogP contribution in [-0.4, -0.2) is 12.1 Å². The van der Waals surface area contributed by atoms with E-state index in [1.54, 1.807) is 0 Å². The molecule has 20 heavy (non-hydrogen) atoms. The van der Waals surface area contributed by atoms with Crippen LogP contribution in [0.4, 0.5) is 0 Å². The Morgan fingerprint density at radius 1 is 1.10 bits per heavy atom. The quantitative estimate of drug-likeness (QED) is 0.907. The summed E-state index contributed by atoms with van der Waals surface area (Å²) in [6, 6.07) is 14.8. The second-order valence-electron chi connectivity index (χ2n) is 6.03. The lowest BCUT2D eigenvalue weighted by Crippen LogP contribution is -2.51. The normalized spacial score (nSPS) is 21.1. The van der Waals surface area contributed by atoms with Crippen LogP contribution in [-0.2, 0) is 12.8 Å². The Bertz CT molecular complexity index is 635. The summed E-state index contributed by atoms with van der Waals surface area (Å²) >= 11 is 0. The number of fused-ring (bicyclic) bond motifs is 1. The molecule has 1 unspecified atom stereocenters. The third kappa shape index (κ3) is 2.56. The molecule has 3 rings (SSSR count). The smallest absolute Gasteiger partial charge is 0.122 e. The zero-order valence-corrected chi connectivity index (χ0v) is 12.1. The van der Waals surface area contributed by atoms with Crippen LogP contribution in [0, 0.1) is 13.8 Å². The molecule has 0 saturated carbocycles. The van der Waals surface area contributed by atoms with E-state index in [0.29, 0.717) is 6.61 Å². The molecular formula is C18H21NO. The molecule has 0 fully saturated rings. The van der Waals surface area contributed by atoms with Crippen molar-refractivity contribution in [2.24, 2.45) is 5.73 Å². The van der Waals surface area contributed by atoms with Gasteiger partial charge in [0.1, 0.15) is 12.4 Å². The van der Waals surface area contributed by atoms with Gasteiger partial charge in [-0.2, -0.15) is 0 Å². The van der Waals surface area contributed by atoms with Crippen LogP contribution in [0.2, 0.25) is 0 Å². The van der Waals surface area contributed by atoms with E-state index in [9.17, 15) is 0 Å². The van der Waals surface area contributed by atoms with Crippen LogP contribution in [0.5, 0.6) is 5.75 Å². The number of hydrogen-bond acceptors (Lipinski definition) is 2. The van der Waals surface area contributed by atoms with Gasteiger partial charge in [-0.15, -0.1) is 0 Å². The van der Waals surface area contributed by atoms with Crippen LogP contribution in [0.1, 0.15) is 22.3 Å². The van der Waals surface area contributed by atoms with E-state index in [4.69, 9.17) is 10.5 Å². The topological polar surface area (TPSA) is 35.2 Å². The Morgan fingerprint density at radius 2 is 1.90 bits per heavy atom. The zero-order valence-electron chi connectivity index (χ0n) is 12.1. The van der Waals surface area contributed by atoms with Gasteiger partial charge in [0.15, 0.2) is 0 Å². The van der Waals surface area contributed by atoms with Gasteiger partial charge in [-0.3, -0.25) is 0 Å². The third-order valence-corrected chi connectivity index (χ3v) is 4.16. The van der Waals surface area contributed by atoms with Crippen LogP contribution in [0.3, 0.4) is 0 Å². The molecule has 1 aliphatic rings. The van der Waals surface area contributed by atoms with Gasteiger partial charge < -0.3 is 10.5 Å². The van der Waals surface area contributed by atoms with Crippen molar-refractivity contribution in [3.8, 4) is 5.75 Å². The van der Waals surface area contributed by atoms with Crippen molar-refractivity contribution in [2.75, 3.05) is 6.61 Å². The minimum Gasteiger partial charge on any atom is -0.491 e. The molecule has 2 N–H and O–H groups in total. The number of hydrogen-bond donors (Lipinski definition) is 1. The highest BCUT2D eigenvalue weighted by atomic mass is 16.5. The van der Waals surface area contributed by atoms with Crippen molar-refractivity contribution in [1.29, 1.82) is 0 Å². The predicted molar refractivity (Wildman–Crippen MR) is 82.2 cm³/mol. The van der Waals surface area contributed by atoms with E-state index in [1.807, 2.05) is 18.2 Å². The summed E-state index contributed by atoms with van der Waals surface area (Å²) in [7, 11) is 0. The summed E-state index contributed by atoms with van der Waals surface area (Å²) in [6.07, 6.45) is 1.72. The summed E-state index contributed by atoms with van der Waals surface area (Å²) < 4.78 is 5.84. The average Bonchev–Trinajstić information content (AvgIpc) is 2.42. The van der Waals surface area contributed by atoms with Gasteiger partial charge >= 0.3 is 0 Å². The maximum Gasteiger partial charge on any atom is 0.122 e. The Morgan fingerprint density at radius 3 is 2.70 bits per heavy atom. The molecule has 0 aliphatic carbocycles. The lowest BCUT2D eigenvalue weighted by molar-refractivity contribution is 0.190. The summed E-state index contributed by atoms with van der Waals surface area (Å²) in [5.41, 5.74) is 11.4. The van der Waals surface area contributed by atoms with Gasteiger partial charge in [-0.25, -0.2) is 0 Å². The van der Waals surface area contributed by atoms with Gasteiger partial charge in [0.25, 0.3) is 0 Å². The van der Waals surface area contributed by atoms with Crippen LogP contribution >= 0.6 is 0 Å². The SMILES string of the molecule is Cc1ccc(CC2(N)COc3ccccc3C2)cc1C. The standard InChI is InChI=1S/C18H21NO/c1-13-7-8-15(9-14(13)2)10-18(19)11-16-5-3-4-6-17(16)20-12-18/h3-9H,10-12,19H2,1-2H3. The molecule has 2 heteroatoms. The Kier molecular flexibility index (Phi) is 3.27. The van der Waals surface area contributed by atoms with Gasteiger partial charge in [0.2, 0.25) is 0 Å². The maximum atomic E-state index is 6.57. The first-order chi connectivity index (χ1) is 9.56. The predicted octanol–water partition coefficient (Wildman–Crippen LogP) is 3.18. The molecule has 0 spiro atoms. The number of rotatable bonds is 2. The molecule has 1 atom stereocenters. The lowest BCUT2D eigenvalue weighted by atomic mass is 9.84. The van der Waals surface area contributed by atoms with Crippen molar-refractivity contribution in [2.45, 2.75) is 32.2 Å². The molecule has 0 saturated heterocycles. The number of nitrogens with two attached hydrogens (primary N) is 1. The number of para-hydroxylation sites is 1. The lowest BCUT2D eigenvalue weighted by Gasteiger charge is -2.35. The Balaban J connectivity index is 1.82. The molecule has 2 aromatic carbocycles. The van der Waals surface area contributed by atoms with Crippen molar-refractivity contribution in [3.05, 3.63) is 64.7 Å². The molecular weight excluding hydrogens is 246 g/mol. The van der Waals surface area contributed by atoms with E-state index >= 15 is 0 Å². The first kappa shape index (κ1) is 13.2. The second kappa shape index (κ2) is 4.95. The summed E-state index contributed by atoms with van der Waals surface area (Å²) in [5, 5.41) is 0. The van der Waals surface area contributed by atoms with Crippen molar-refractivity contribution in [1.82, 2.24) is 0 Å². The summed E-state index contributed by atoms with van der Waals surface area (Å²) in [4.78, 5) is 0. The van der Waals surface area contributed by atoms with Crippen molar-refractivity contribution >= 4 is 0 Å². The summed E-state index contributed by atoms with van der Waals surface area (Å²) in [5.74, 6) is 0.980. The van der Waals surface area contributed by atoms with Crippen LogP contribution in [0.25, 0.3) is 0 Å². The molecule has 1 heterocycles. The van der Waals surface area contributed by atoms with E-state index < -0.39 is 0 Å². The molecule has 1 aliphatic heterocycles. The van der Waals surface area contributed by atoms with Gasteiger partial charge in [-0.05, 0) is 55.0 Å². The van der Waals surface area contributed by atoms with Gasteiger partial charge in [-0.1, -0.05) is 36.4 Å². The molecule has 2 aromatic rings. The molecule has 0 aromatic heterocycles. The largest absolute Gasteiger partial charge is 0.491 e. The second-order valence-corrected chi connectivity index (χ2v) is 6.03. The first-order valence-corrected chi connectivity index (χ1v) is 7.11. The van der Waals surface area contributed by atoms with E-state index in [1.165, 1.54) is 22.3 Å². The Labute approximate surface area is 120 Å². The van der Waals surface area contributed by atoms with E-state index in [0.717, 1.165) is 18.6 Å². The minimum absolute atomic E-state index is 0.309. The van der Waals surface area contributed by atoms with Gasteiger partial charge in [0, 0.05) is 0 Å². The van der Waals surface area contributed by atoms with Gasteiger partial charge in [0.05, 0.1) is 5.54 Å². The fraction of sp³-hybridized carbons (Fsp3) is 0.333. The molecule has 104 valence electrons. The average molecular weight is 267 g/mol. The number of aryl methyl sites for hydroxylation is 2. The van der Waals surface area contributed by atoms with E-state index in [-0.39, 0.29) is 5.54 Å². The number of ether oxygens (including phenoxy) is 1. The maximum absolute atomic E-state index is 6.57. The zero-order chi connectivity index (χ0) is 14.2. The molecule has 0 radical (unpaired) electrons. The minimum atomic E-state index is -0.309. The van der Waals surface area contributed by atoms with Crippen LogP contribution in [0.15, 0.2) is 42.5 Å². The molecule has 0 amide bonds. The highest BCUT2D eigenvalue weighted by Gasteiger charge is 2.32. The van der Waals surface area contributed by atoms with Crippen molar-refractivity contribution in [3.63, 3.8) is 0 Å². The first-order valence-electron chi connectivity index (χ1n) is 7.11. The van der Waals surface area contributed by atoms with E-state index in [2.05, 4.69) is 38.1 Å². The fourth-order valence-corrected chi connectivity index (χ4v) is 2.88. The highest BCUT2D eigenvalue weighted by molar-refractivity contribution is 5.38. The number of benzene rings is 2. The van der Waals surface area contributed by atoms with Crippen molar-refractivity contribution < 1.29 is 4.74 Å². The highest BCUT2D eigenvalue weighted by Crippen LogP contribution is 2.30. The van der Waals surface area contributed by atoms with Crippen LogP contribution < -0.4 is 10.5 Å². The monoisotopic (exact) mass is 267 g/mol.